The van der Waals surface area contributed by atoms with Crippen molar-refractivity contribution in [1.82, 2.24) is 14.8 Å². The molecule has 1 saturated heterocycles. The smallest absolute Gasteiger partial charge is 0.255 e. The van der Waals surface area contributed by atoms with Gasteiger partial charge in [-0.2, -0.15) is 0 Å². The highest BCUT2D eigenvalue weighted by Gasteiger charge is 2.28. The van der Waals surface area contributed by atoms with Crippen LogP contribution >= 0.6 is 11.6 Å². The van der Waals surface area contributed by atoms with Gasteiger partial charge < -0.3 is 14.8 Å². The zero-order valence-corrected chi connectivity index (χ0v) is 19.3. The van der Waals surface area contributed by atoms with E-state index in [2.05, 4.69) is 35.9 Å². The van der Waals surface area contributed by atoms with E-state index in [0.29, 0.717) is 23.7 Å². The molecule has 1 N–H and O–H groups in total. The van der Waals surface area contributed by atoms with Crippen molar-refractivity contribution in [3.63, 3.8) is 0 Å². The number of aromatic nitrogens is 1. The predicted octanol–water partition coefficient (Wildman–Crippen LogP) is 5.05. The first-order chi connectivity index (χ1) is 14.9. The lowest BCUT2D eigenvalue weighted by Gasteiger charge is -2.33. The van der Waals surface area contributed by atoms with Crippen LogP contribution in [0.4, 0.5) is 0 Å². The minimum absolute atomic E-state index is 0.0358. The minimum atomic E-state index is -0.0358. The van der Waals surface area contributed by atoms with E-state index in [4.69, 9.17) is 11.6 Å². The van der Waals surface area contributed by atoms with Gasteiger partial charge in [-0.05, 0) is 69.9 Å². The van der Waals surface area contributed by atoms with Crippen molar-refractivity contribution >= 4 is 23.4 Å². The zero-order chi connectivity index (χ0) is 22.0. The molecule has 31 heavy (non-hydrogen) atoms. The topological polar surface area (TPSA) is 54.3 Å². The van der Waals surface area contributed by atoms with Crippen LogP contribution in [0.15, 0.2) is 30.3 Å². The van der Waals surface area contributed by atoms with Crippen LogP contribution in [0.3, 0.4) is 0 Å². The molecule has 2 heterocycles. The molecular weight excluding hydrogens is 410 g/mol. The Kier molecular flexibility index (Phi) is 6.71. The molecule has 2 aromatic rings. The van der Waals surface area contributed by atoms with Gasteiger partial charge in [0.15, 0.2) is 0 Å². The lowest BCUT2D eigenvalue weighted by molar-refractivity contribution is -0.126. The van der Waals surface area contributed by atoms with Gasteiger partial charge in [-0.3, -0.25) is 9.59 Å². The first kappa shape index (κ1) is 21.9. The van der Waals surface area contributed by atoms with E-state index in [-0.39, 0.29) is 23.8 Å². The van der Waals surface area contributed by atoms with Gasteiger partial charge in [0.05, 0.1) is 10.6 Å². The number of carbonyl (C=O) groups is 2. The molecule has 0 radical (unpaired) electrons. The van der Waals surface area contributed by atoms with Crippen LogP contribution in [0.5, 0.6) is 0 Å². The average molecular weight is 442 g/mol. The minimum Gasteiger partial charge on any atom is -0.353 e. The maximum Gasteiger partial charge on any atom is 0.255 e. The highest BCUT2D eigenvalue weighted by Crippen LogP contribution is 2.26. The van der Waals surface area contributed by atoms with Crippen LogP contribution in [0, 0.1) is 19.8 Å². The maximum atomic E-state index is 13.2. The van der Waals surface area contributed by atoms with Gasteiger partial charge in [0.25, 0.3) is 5.91 Å². The molecule has 1 aromatic heterocycles. The number of rotatable bonds is 4. The molecule has 2 fully saturated rings. The number of halogens is 1. The van der Waals surface area contributed by atoms with Crippen LogP contribution in [0.1, 0.15) is 66.7 Å². The Bertz CT molecular complexity index is 934. The summed E-state index contributed by atoms with van der Waals surface area (Å²) in [5.74, 6) is 0.347. The number of nitrogens with zero attached hydrogens (tertiary/aromatic N) is 2. The van der Waals surface area contributed by atoms with E-state index in [1.165, 1.54) is 6.42 Å². The monoisotopic (exact) mass is 441 g/mol. The fraction of sp³-hybridized carbons (Fsp3) is 0.520. The van der Waals surface area contributed by atoms with E-state index in [1.54, 1.807) is 6.07 Å². The number of carbonyl (C=O) groups excluding carboxylic acids is 2. The number of nitrogens with one attached hydrogen (secondary N) is 1. The molecule has 6 heteroatoms. The molecular formula is C25H32ClN3O2. The van der Waals surface area contributed by atoms with E-state index >= 15 is 0 Å². The number of hydrogen-bond acceptors (Lipinski definition) is 2. The van der Waals surface area contributed by atoms with Gasteiger partial charge in [0.2, 0.25) is 5.91 Å². The van der Waals surface area contributed by atoms with E-state index < -0.39 is 0 Å². The maximum absolute atomic E-state index is 13.2. The van der Waals surface area contributed by atoms with Crippen molar-refractivity contribution in [3.05, 3.63) is 52.3 Å². The predicted molar refractivity (Wildman–Crippen MR) is 124 cm³/mol. The lowest BCUT2D eigenvalue weighted by atomic mass is 9.88. The third kappa shape index (κ3) is 4.82. The Labute approximate surface area is 189 Å². The number of piperidine rings is 1. The Hall–Kier alpha value is -2.27. The fourth-order valence-corrected chi connectivity index (χ4v) is 5.17. The van der Waals surface area contributed by atoms with Crippen LogP contribution in [0.25, 0.3) is 5.69 Å². The third-order valence-corrected chi connectivity index (χ3v) is 7.14. The van der Waals surface area contributed by atoms with Crippen molar-refractivity contribution in [2.75, 3.05) is 13.1 Å². The molecule has 2 amide bonds. The molecule has 1 aliphatic heterocycles. The van der Waals surface area contributed by atoms with Gasteiger partial charge in [0.1, 0.15) is 0 Å². The molecule has 1 saturated carbocycles. The van der Waals surface area contributed by atoms with Gasteiger partial charge >= 0.3 is 0 Å². The quantitative estimate of drug-likeness (QED) is 0.721. The second-order valence-electron chi connectivity index (χ2n) is 9.03. The van der Waals surface area contributed by atoms with E-state index in [1.807, 2.05) is 17.0 Å². The normalized spacial score (nSPS) is 18.2. The molecule has 1 aromatic carbocycles. The summed E-state index contributed by atoms with van der Waals surface area (Å²) in [6, 6.07) is 9.94. The molecule has 0 atom stereocenters. The highest BCUT2D eigenvalue weighted by molar-refractivity contribution is 6.33. The molecule has 2 aliphatic rings. The molecule has 0 unspecified atom stereocenters. The van der Waals surface area contributed by atoms with E-state index in [9.17, 15) is 9.59 Å². The number of likely N-dealkylation sites (tertiary alicyclic amines) is 1. The second kappa shape index (κ2) is 9.47. The molecule has 166 valence electrons. The molecule has 1 aliphatic carbocycles. The summed E-state index contributed by atoms with van der Waals surface area (Å²) < 4.78 is 2.13. The number of benzene rings is 1. The number of amides is 2. The zero-order valence-electron chi connectivity index (χ0n) is 18.5. The number of aryl methyl sites for hydroxylation is 2. The summed E-state index contributed by atoms with van der Waals surface area (Å²) in [7, 11) is 0. The van der Waals surface area contributed by atoms with Gasteiger partial charge in [0, 0.05) is 42.1 Å². The van der Waals surface area contributed by atoms with Crippen LogP contribution in [-0.2, 0) is 4.79 Å². The molecule has 4 rings (SSSR count). The van der Waals surface area contributed by atoms with Gasteiger partial charge in [-0.25, -0.2) is 0 Å². The van der Waals surface area contributed by atoms with Crippen molar-refractivity contribution in [1.29, 1.82) is 0 Å². The summed E-state index contributed by atoms with van der Waals surface area (Å²) in [4.78, 5) is 27.6. The van der Waals surface area contributed by atoms with Crippen molar-refractivity contribution in [2.45, 2.75) is 64.8 Å². The third-order valence-electron chi connectivity index (χ3n) is 6.81. The second-order valence-corrected chi connectivity index (χ2v) is 9.43. The lowest BCUT2D eigenvalue weighted by Crippen LogP contribution is -2.48. The summed E-state index contributed by atoms with van der Waals surface area (Å²) in [6.45, 7) is 5.37. The summed E-state index contributed by atoms with van der Waals surface area (Å²) >= 11 is 6.42. The summed E-state index contributed by atoms with van der Waals surface area (Å²) in [6.07, 6.45) is 7.17. The van der Waals surface area contributed by atoms with E-state index in [0.717, 1.165) is 55.6 Å². The van der Waals surface area contributed by atoms with Crippen LogP contribution in [0.2, 0.25) is 5.02 Å². The van der Waals surface area contributed by atoms with Crippen LogP contribution < -0.4 is 5.32 Å². The fourth-order valence-electron chi connectivity index (χ4n) is 4.97. The average Bonchev–Trinajstić information content (AvgIpc) is 3.13. The van der Waals surface area contributed by atoms with Crippen molar-refractivity contribution in [3.8, 4) is 5.69 Å². The number of hydrogen-bond donors (Lipinski definition) is 1. The standard InChI is InChI=1S/C25H32ClN3O2/c1-17-8-9-18(2)29(17)21-10-11-23(26)22(16-21)25(31)28-14-12-20(13-15-28)27-24(30)19-6-4-3-5-7-19/h8-11,16,19-20H,3-7,12-15H2,1-2H3,(H,27,30). The molecule has 5 nitrogen and oxygen atoms in total. The summed E-state index contributed by atoms with van der Waals surface area (Å²) in [5.41, 5.74) is 3.72. The van der Waals surface area contributed by atoms with Gasteiger partial charge in [-0.15, -0.1) is 0 Å². The highest BCUT2D eigenvalue weighted by atomic mass is 35.5. The Balaban J connectivity index is 1.39. The Morgan fingerprint density at radius 2 is 1.58 bits per heavy atom. The summed E-state index contributed by atoms with van der Waals surface area (Å²) in [5, 5.41) is 3.71. The largest absolute Gasteiger partial charge is 0.353 e. The SMILES string of the molecule is Cc1ccc(C)n1-c1ccc(Cl)c(C(=O)N2CCC(NC(=O)C3CCCCC3)CC2)c1. The Morgan fingerprint density at radius 3 is 2.23 bits per heavy atom. The first-order valence-electron chi connectivity index (χ1n) is 11.5. The van der Waals surface area contributed by atoms with Gasteiger partial charge in [-0.1, -0.05) is 30.9 Å². The molecule has 0 spiro atoms. The van der Waals surface area contributed by atoms with Crippen molar-refractivity contribution in [2.24, 2.45) is 5.92 Å². The molecule has 0 bridgehead atoms. The van der Waals surface area contributed by atoms with Crippen LogP contribution in [-0.4, -0.2) is 40.4 Å². The Morgan fingerprint density at radius 1 is 0.935 bits per heavy atom. The van der Waals surface area contributed by atoms with Crippen molar-refractivity contribution < 1.29 is 9.59 Å². The first-order valence-corrected chi connectivity index (χ1v) is 11.9.